The van der Waals surface area contributed by atoms with E-state index in [1.807, 2.05) is 20.8 Å². The molecule has 0 fully saturated rings. The van der Waals surface area contributed by atoms with E-state index < -0.39 is 0 Å². The summed E-state index contributed by atoms with van der Waals surface area (Å²) in [6.07, 6.45) is 3.11. The Morgan fingerprint density at radius 3 is 2.41 bits per heavy atom. The Balaban J connectivity index is 3.28. The van der Waals surface area contributed by atoms with E-state index in [2.05, 4.69) is 12.2 Å². The van der Waals surface area contributed by atoms with Gasteiger partial charge in [-0.1, -0.05) is 13.3 Å². The molecule has 0 aromatic heterocycles. The summed E-state index contributed by atoms with van der Waals surface area (Å²) in [5.74, 6) is -0.0616. The van der Waals surface area contributed by atoms with E-state index in [0.717, 1.165) is 25.9 Å². The Labute approximate surface area is 105 Å². The van der Waals surface area contributed by atoms with E-state index >= 15 is 0 Å². The van der Waals surface area contributed by atoms with Gasteiger partial charge in [0.05, 0.1) is 5.60 Å². The molecule has 0 saturated heterocycles. The van der Waals surface area contributed by atoms with Crippen LogP contribution in [0.1, 0.15) is 47.0 Å². The maximum atomic E-state index is 11.3. The molecule has 17 heavy (non-hydrogen) atoms. The zero-order chi connectivity index (χ0) is 13.1. The lowest BCUT2D eigenvalue weighted by Gasteiger charge is -2.18. The fourth-order valence-electron chi connectivity index (χ4n) is 1.08. The highest BCUT2D eigenvalue weighted by Crippen LogP contribution is 2.05. The van der Waals surface area contributed by atoms with Gasteiger partial charge in [0.25, 0.3) is 0 Å². The number of rotatable bonds is 9. The predicted molar refractivity (Wildman–Crippen MR) is 69.1 cm³/mol. The molecule has 0 bridgehead atoms. The van der Waals surface area contributed by atoms with Gasteiger partial charge in [-0.05, 0) is 33.6 Å². The van der Waals surface area contributed by atoms with Crippen LogP contribution in [0.3, 0.4) is 0 Å². The lowest BCUT2D eigenvalue weighted by molar-refractivity contribution is -0.130. The summed E-state index contributed by atoms with van der Waals surface area (Å²) in [7, 11) is 0. The number of hydrogen-bond donors (Lipinski definition) is 1. The van der Waals surface area contributed by atoms with E-state index in [1.165, 1.54) is 0 Å². The number of carbonyl (C=O) groups is 1. The van der Waals surface area contributed by atoms with Crippen molar-refractivity contribution in [3.63, 3.8) is 0 Å². The summed E-state index contributed by atoms with van der Waals surface area (Å²) in [5, 5.41) is 2.80. The van der Waals surface area contributed by atoms with Gasteiger partial charge in [0, 0.05) is 19.8 Å². The molecular formula is C13H27NO3. The van der Waals surface area contributed by atoms with Gasteiger partial charge in [-0.25, -0.2) is 0 Å². The molecular weight excluding hydrogens is 218 g/mol. The molecule has 0 aromatic carbocycles. The maximum absolute atomic E-state index is 11.3. The van der Waals surface area contributed by atoms with Crippen molar-refractivity contribution in [3.05, 3.63) is 0 Å². The molecule has 0 aromatic rings. The van der Waals surface area contributed by atoms with Crippen molar-refractivity contribution in [2.45, 2.75) is 52.6 Å². The van der Waals surface area contributed by atoms with Gasteiger partial charge in [-0.2, -0.15) is 0 Å². The SMILES string of the molecule is CCCCOCCCNC(=O)COC(C)(C)C. The van der Waals surface area contributed by atoms with Crippen molar-refractivity contribution in [1.82, 2.24) is 5.32 Å². The van der Waals surface area contributed by atoms with Crippen molar-refractivity contribution < 1.29 is 14.3 Å². The van der Waals surface area contributed by atoms with Crippen molar-refractivity contribution in [2.24, 2.45) is 0 Å². The number of ether oxygens (including phenoxy) is 2. The second-order valence-corrected chi connectivity index (χ2v) is 5.07. The molecule has 0 rings (SSSR count). The van der Waals surface area contributed by atoms with Crippen LogP contribution in [0.25, 0.3) is 0 Å². The van der Waals surface area contributed by atoms with Crippen molar-refractivity contribution in [3.8, 4) is 0 Å². The van der Waals surface area contributed by atoms with E-state index in [9.17, 15) is 4.79 Å². The highest BCUT2D eigenvalue weighted by Gasteiger charge is 2.12. The first kappa shape index (κ1) is 16.4. The first-order valence-electron chi connectivity index (χ1n) is 6.44. The number of hydrogen-bond acceptors (Lipinski definition) is 3. The lowest BCUT2D eigenvalue weighted by atomic mass is 10.2. The highest BCUT2D eigenvalue weighted by atomic mass is 16.5. The second-order valence-electron chi connectivity index (χ2n) is 5.07. The zero-order valence-electron chi connectivity index (χ0n) is 11.7. The summed E-state index contributed by atoms with van der Waals surface area (Å²) in [6, 6.07) is 0. The molecule has 0 saturated carbocycles. The summed E-state index contributed by atoms with van der Waals surface area (Å²) in [4.78, 5) is 11.3. The third kappa shape index (κ3) is 13.3. The van der Waals surface area contributed by atoms with Crippen molar-refractivity contribution in [1.29, 1.82) is 0 Å². The van der Waals surface area contributed by atoms with Crippen LogP contribution in [-0.2, 0) is 14.3 Å². The monoisotopic (exact) mass is 245 g/mol. The third-order valence-corrected chi connectivity index (χ3v) is 2.07. The average Bonchev–Trinajstić information content (AvgIpc) is 2.24. The summed E-state index contributed by atoms with van der Waals surface area (Å²) < 4.78 is 10.7. The molecule has 4 nitrogen and oxygen atoms in total. The van der Waals surface area contributed by atoms with Crippen LogP contribution in [0.4, 0.5) is 0 Å². The summed E-state index contributed by atoms with van der Waals surface area (Å²) in [6.45, 7) is 10.2. The highest BCUT2D eigenvalue weighted by molar-refractivity contribution is 5.77. The Kier molecular flexibility index (Phi) is 9.09. The number of carbonyl (C=O) groups excluding carboxylic acids is 1. The lowest BCUT2D eigenvalue weighted by Crippen LogP contribution is -2.32. The largest absolute Gasteiger partial charge is 0.381 e. The molecule has 0 heterocycles. The van der Waals surface area contributed by atoms with E-state index in [4.69, 9.17) is 9.47 Å². The second kappa shape index (κ2) is 9.42. The van der Waals surface area contributed by atoms with Crippen LogP contribution in [-0.4, -0.2) is 37.9 Å². The Morgan fingerprint density at radius 2 is 1.82 bits per heavy atom. The van der Waals surface area contributed by atoms with Crippen molar-refractivity contribution in [2.75, 3.05) is 26.4 Å². The topological polar surface area (TPSA) is 47.6 Å². The minimum Gasteiger partial charge on any atom is -0.381 e. The van der Waals surface area contributed by atoms with Gasteiger partial charge in [0.2, 0.25) is 5.91 Å². The van der Waals surface area contributed by atoms with Gasteiger partial charge in [-0.3, -0.25) is 4.79 Å². The summed E-state index contributed by atoms with van der Waals surface area (Å²) in [5.41, 5.74) is -0.263. The first-order valence-corrected chi connectivity index (χ1v) is 6.44. The van der Waals surface area contributed by atoms with E-state index in [1.54, 1.807) is 0 Å². The standard InChI is InChI=1S/C13H27NO3/c1-5-6-9-16-10-7-8-14-12(15)11-17-13(2,3)4/h5-11H2,1-4H3,(H,14,15). The van der Waals surface area contributed by atoms with Crippen LogP contribution in [0.5, 0.6) is 0 Å². The molecule has 0 aliphatic rings. The molecule has 0 aliphatic heterocycles. The average molecular weight is 245 g/mol. The van der Waals surface area contributed by atoms with Crippen LogP contribution in [0.15, 0.2) is 0 Å². The summed E-state index contributed by atoms with van der Waals surface area (Å²) >= 11 is 0. The zero-order valence-corrected chi connectivity index (χ0v) is 11.7. The fourth-order valence-corrected chi connectivity index (χ4v) is 1.08. The van der Waals surface area contributed by atoms with Crippen LogP contribution in [0, 0.1) is 0 Å². The van der Waals surface area contributed by atoms with Gasteiger partial charge < -0.3 is 14.8 Å². The van der Waals surface area contributed by atoms with Crippen LogP contribution >= 0.6 is 0 Å². The predicted octanol–water partition coefficient (Wildman–Crippen LogP) is 2.12. The minimum atomic E-state index is -0.263. The third-order valence-electron chi connectivity index (χ3n) is 2.07. The molecule has 0 spiro atoms. The first-order chi connectivity index (χ1) is 7.95. The fraction of sp³-hybridized carbons (Fsp3) is 0.923. The number of amides is 1. The van der Waals surface area contributed by atoms with Crippen molar-refractivity contribution >= 4 is 5.91 Å². The van der Waals surface area contributed by atoms with Gasteiger partial charge in [0.1, 0.15) is 6.61 Å². The molecule has 4 heteroatoms. The molecule has 0 aliphatic carbocycles. The molecule has 0 radical (unpaired) electrons. The molecule has 0 atom stereocenters. The van der Waals surface area contributed by atoms with Crippen LogP contribution in [0.2, 0.25) is 0 Å². The van der Waals surface area contributed by atoms with Gasteiger partial charge in [0.15, 0.2) is 0 Å². The maximum Gasteiger partial charge on any atom is 0.246 e. The number of nitrogens with one attached hydrogen (secondary N) is 1. The Hall–Kier alpha value is -0.610. The van der Waals surface area contributed by atoms with Crippen LogP contribution < -0.4 is 5.32 Å². The smallest absolute Gasteiger partial charge is 0.246 e. The van der Waals surface area contributed by atoms with Gasteiger partial charge >= 0.3 is 0 Å². The molecule has 1 N–H and O–H groups in total. The normalized spacial score (nSPS) is 11.5. The number of unbranched alkanes of at least 4 members (excludes halogenated alkanes) is 1. The Bertz CT molecular complexity index is 199. The quantitative estimate of drug-likeness (QED) is 0.633. The molecule has 102 valence electrons. The molecule has 1 amide bonds. The van der Waals surface area contributed by atoms with E-state index in [-0.39, 0.29) is 18.1 Å². The van der Waals surface area contributed by atoms with Gasteiger partial charge in [-0.15, -0.1) is 0 Å². The Morgan fingerprint density at radius 1 is 1.18 bits per heavy atom. The molecule has 0 unspecified atom stereocenters. The minimum absolute atomic E-state index is 0.0616. The van der Waals surface area contributed by atoms with E-state index in [0.29, 0.717) is 13.2 Å².